The Bertz CT molecular complexity index is 405. The second-order valence-corrected chi connectivity index (χ2v) is 5.21. The molecule has 0 spiro atoms. The number of anilines is 1. The first kappa shape index (κ1) is 12.4. The molecule has 0 bridgehead atoms. The molecule has 94 valence electrons. The van der Waals surface area contributed by atoms with Gasteiger partial charge in [-0.15, -0.1) is 0 Å². The Hall–Kier alpha value is -1.09. The third kappa shape index (κ3) is 2.60. The van der Waals surface area contributed by atoms with Gasteiger partial charge in [0.2, 0.25) is 0 Å². The van der Waals surface area contributed by atoms with Crippen LogP contribution in [0.15, 0.2) is 18.2 Å². The first-order chi connectivity index (χ1) is 8.00. The number of halogens is 1. The van der Waals surface area contributed by atoms with Crippen LogP contribution in [0.2, 0.25) is 0 Å². The van der Waals surface area contributed by atoms with Gasteiger partial charge in [0.05, 0.1) is 11.8 Å². The van der Waals surface area contributed by atoms with Crippen LogP contribution in [0, 0.1) is 17.7 Å². The molecular formula is C14H20FNO. The maximum Gasteiger partial charge on any atom is 0.146 e. The van der Waals surface area contributed by atoms with Crippen molar-refractivity contribution in [2.45, 2.75) is 26.4 Å². The second kappa shape index (κ2) is 4.65. The van der Waals surface area contributed by atoms with Crippen molar-refractivity contribution in [2.24, 2.45) is 11.8 Å². The number of nitrogens with zero attached hydrogens (tertiary/aromatic N) is 1. The van der Waals surface area contributed by atoms with E-state index in [-0.39, 0.29) is 5.82 Å². The van der Waals surface area contributed by atoms with E-state index < -0.39 is 6.10 Å². The highest BCUT2D eigenvalue weighted by atomic mass is 19.1. The van der Waals surface area contributed by atoms with Gasteiger partial charge in [-0.3, -0.25) is 0 Å². The summed E-state index contributed by atoms with van der Waals surface area (Å²) in [4.78, 5) is 1.94. The lowest BCUT2D eigenvalue weighted by Crippen LogP contribution is -2.23. The standard InChI is InChI=1S/C14H20FNO/c1-9-7-11(9)8-16(3)14-12(10(2)17)5-4-6-13(14)15/h4-6,9-11,17H,7-8H2,1-3H3. The third-order valence-electron chi connectivity index (χ3n) is 3.63. The van der Waals surface area contributed by atoms with Gasteiger partial charge in [0.25, 0.3) is 0 Å². The normalized spacial score (nSPS) is 24.5. The Morgan fingerprint density at radius 3 is 2.71 bits per heavy atom. The van der Waals surface area contributed by atoms with Gasteiger partial charge in [0, 0.05) is 19.2 Å². The highest BCUT2D eigenvalue weighted by molar-refractivity contribution is 5.55. The molecule has 2 rings (SSSR count). The van der Waals surface area contributed by atoms with Crippen molar-refractivity contribution in [3.8, 4) is 0 Å². The zero-order valence-electron chi connectivity index (χ0n) is 10.7. The third-order valence-corrected chi connectivity index (χ3v) is 3.63. The lowest BCUT2D eigenvalue weighted by atomic mass is 10.1. The van der Waals surface area contributed by atoms with Crippen molar-refractivity contribution in [1.82, 2.24) is 0 Å². The molecule has 2 nitrogen and oxygen atoms in total. The fourth-order valence-electron chi connectivity index (χ4n) is 2.37. The second-order valence-electron chi connectivity index (χ2n) is 5.21. The first-order valence-electron chi connectivity index (χ1n) is 6.18. The number of benzene rings is 1. The number of aliphatic hydroxyl groups excluding tert-OH is 1. The van der Waals surface area contributed by atoms with E-state index in [1.807, 2.05) is 11.9 Å². The lowest BCUT2D eigenvalue weighted by molar-refractivity contribution is 0.199. The van der Waals surface area contributed by atoms with E-state index in [1.54, 1.807) is 19.1 Å². The van der Waals surface area contributed by atoms with Crippen molar-refractivity contribution in [2.75, 3.05) is 18.5 Å². The lowest BCUT2D eigenvalue weighted by Gasteiger charge is -2.24. The molecule has 1 fully saturated rings. The van der Waals surface area contributed by atoms with Gasteiger partial charge in [-0.05, 0) is 31.2 Å². The molecule has 3 heteroatoms. The van der Waals surface area contributed by atoms with Gasteiger partial charge >= 0.3 is 0 Å². The van der Waals surface area contributed by atoms with Crippen LogP contribution in [-0.4, -0.2) is 18.7 Å². The Kier molecular flexibility index (Phi) is 3.38. The van der Waals surface area contributed by atoms with Gasteiger partial charge in [-0.2, -0.15) is 0 Å². The molecule has 0 saturated heterocycles. The summed E-state index contributed by atoms with van der Waals surface area (Å²) in [5.74, 6) is 1.17. The molecule has 1 aromatic rings. The molecule has 1 N–H and O–H groups in total. The fourth-order valence-corrected chi connectivity index (χ4v) is 2.37. The van der Waals surface area contributed by atoms with Gasteiger partial charge in [-0.25, -0.2) is 4.39 Å². The zero-order chi connectivity index (χ0) is 12.6. The summed E-state index contributed by atoms with van der Waals surface area (Å²) in [7, 11) is 1.90. The minimum absolute atomic E-state index is 0.251. The largest absolute Gasteiger partial charge is 0.389 e. The van der Waals surface area contributed by atoms with E-state index >= 15 is 0 Å². The molecule has 0 aromatic heterocycles. The van der Waals surface area contributed by atoms with Gasteiger partial charge < -0.3 is 10.0 Å². The highest BCUT2D eigenvalue weighted by Gasteiger charge is 2.34. The summed E-state index contributed by atoms with van der Waals surface area (Å²) in [6.45, 7) is 4.75. The van der Waals surface area contributed by atoms with Crippen LogP contribution in [0.3, 0.4) is 0 Å². The van der Waals surface area contributed by atoms with Crippen molar-refractivity contribution in [1.29, 1.82) is 0 Å². The van der Waals surface area contributed by atoms with E-state index in [1.165, 1.54) is 12.5 Å². The van der Waals surface area contributed by atoms with Gasteiger partial charge in [0.1, 0.15) is 5.82 Å². The summed E-state index contributed by atoms with van der Waals surface area (Å²) in [5.41, 5.74) is 1.21. The molecular weight excluding hydrogens is 217 g/mol. The summed E-state index contributed by atoms with van der Waals surface area (Å²) >= 11 is 0. The molecule has 0 heterocycles. The van der Waals surface area contributed by atoms with Crippen molar-refractivity contribution >= 4 is 5.69 Å². The maximum atomic E-state index is 13.9. The number of para-hydroxylation sites is 1. The Labute approximate surface area is 102 Å². The van der Waals surface area contributed by atoms with Crippen LogP contribution in [0.5, 0.6) is 0 Å². The van der Waals surface area contributed by atoms with Crippen LogP contribution >= 0.6 is 0 Å². The Morgan fingerprint density at radius 1 is 1.53 bits per heavy atom. The molecule has 1 saturated carbocycles. The summed E-state index contributed by atoms with van der Waals surface area (Å²) < 4.78 is 13.9. The summed E-state index contributed by atoms with van der Waals surface area (Å²) in [6.07, 6.45) is 0.586. The minimum Gasteiger partial charge on any atom is -0.389 e. The number of aliphatic hydroxyl groups is 1. The number of hydrogen-bond acceptors (Lipinski definition) is 2. The number of rotatable bonds is 4. The topological polar surface area (TPSA) is 23.5 Å². The highest BCUT2D eigenvalue weighted by Crippen LogP contribution is 2.39. The van der Waals surface area contributed by atoms with E-state index in [4.69, 9.17) is 0 Å². The molecule has 1 aromatic carbocycles. The molecule has 0 aliphatic heterocycles. The van der Waals surface area contributed by atoms with Crippen molar-refractivity contribution in [3.05, 3.63) is 29.6 Å². The minimum atomic E-state index is -0.639. The van der Waals surface area contributed by atoms with Crippen molar-refractivity contribution < 1.29 is 9.50 Å². The molecule has 0 radical (unpaired) electrons. The average Bonchev–Trinajstić information content (AvgIpc) is 2.93. The molecule has 3 atom stereocenters. The molecule has 1 aliphatic carbocycles. The van der Waals surface area contributed by atoms with E-state index in [9.17, 15) is 9.50 Å². The van der Waals surface area contributed by atoms with Gasteiger partial charge in [0.15, 0.2) is 0 Å². The van der Waals surface area contributed by atoms with Crippen LogP contribution < -0.4 is 4.90 Å². The van der Waals surface area contributed by atoms with Crippen LogP contribution in [0.25, 0.3) is 0 Å². The SMILES string of the molecule is CC(O)c1cccc(F)c1N(C)CC1CC1C. The zero-order valence-corrected chi connectivity index (χ0v) is 10.7. The van der Waals surface area contributed by atoms with Crippen molar-refractivity contribution in [3.63, 3.8) is 0 Å². The van der Waals surface area contributed by atoms with Crippen LogP contribution in [0.4, 0.5) is 10.1 Å². The Morgan fingerprint density at radius 2 is 2.18 bits per heavy atom. The predicted molar refractivity (Wildman–Crippen MR) is 67.6 cm³/mol. The molecule has 0 amide bonds. The van der Waals surface area contributed by atoms with E-state index in [0.29, 0.717) is 17.2 Å². The summed E-state index contributed by atoms with van der Waals surface area (Å²) in [5, 5.41) is 9.69. The maximum absolute atomic E-state index is 13.9. The van der Waals surface area contributed by atoms with Gasteiger partial charge in [-0.1, -0.05) is 19.1 Å². The van der Waals surface area contributed by atoms with Crippen LogP contribution in [0.1, 0.15) is 31.9 Å². The first-order valence-corrected chi connectivity index (χ1v) is 6.18. The Balaban J connectivity index is 2.23. The summed E-state index contributed by atoms with van der Waals surface area (Å²) in [6, 6.07) is 4.89. The van der Waals surface area contributed by atoms with E-state index in [2.05, 4.69) is 6.92 Å². The smallest absolute Gasteiger partial charge is 0.146 e. The quantitative estimate of drug-likeness (QED) is 0.870. The monoisotopic (exact) mass is 237 g/mol. The molecule has 3 unspecified atom stereocenters. The fraction of sp³-hybridized carbons (Fsp3) is 0.571. The molecule has 17 heavy (non-hydrogen) atoms. The predicted octanol–water partition coefficient (Wildman–Crippen LogP) is 2.97. The van der Waals surface area contributed by atoms with Crippen LogP contribution in [-0.2, 0) is 0 Å². The average molecular weight is 237 g/mol. The molecule has 1 aliphatic rings. The number of hydrogen-bond donors (Lipinski definition) is 1. The van der Waals surface area contributed by atoms with E-state index in [0.717, 1.165) is 12.5 Å².